The van der Waals surface area contributed by atoms with E-state index < -0.39 is 0 Å². The third-order valence-corrected chi connectivity index (χ3v) is 5.54. The van der Waals surface area contributed by atoms with Gasteiger partial charge in [0.15, 0.2) is 11.5 Å². The monoisotopic (exact) mass is 377 g/mol. The Morgan fingerprint density at radius 1 is 1.07 bits per heavy atom. The van der Waals surface area contributed by atoms with Gasteiger partial charge in [0.1, 0.15) is 0 Å². The molecule has 1 aromatic rings. The van der Waals surface area contributed by atoms with E-state index >= 15 is 0 Å². The fourth-order valence-corrected chi connectivity index (χ4v) is 4.00. The van der Waals surface area contributed by atoms with Gasteiger partial charge >= 0.3 is 0 Å². The Kier molecular flexibility index (Phi) is 6.79. The minimum Gasteiger partial charge on any atom is -0.493 e. The van der Waals surface area contributed by atoms with Gasteiger partial charge in [-0.25, -0.2) is 0 Å². The molecule has 27 heavy (non-hydrogen) atoms. The summed E-state index contributed by atoms with van der Waals surface area (Å²) in [6, 6.07) is 4.35. The van der Waals surface area contributed by atoms with Crippen LogP contribution >= 0.6 is 0 Å². The van der Waals surface area contributed by atoms with Gasteiger partial charge < -0.3 is 24.4 Å². The van der Waals surface area contributed by atoms with Crippen molar-refractivity contribution in [2.45, 2.75) is 25.3 Å². The summed E-state index contributed by atoms with van der Waals surface area (Å²) in [5, 5.41) is 3.39. The number of nitrogens with zero attached hydrogens (tertiary/aromatic N) is 2. The number of carbonyl (C=O) groups is 1. The zero-order valence-corrected chi connectivity index (χ0v) is 16.6. The molecule has 7 nitrogen and oxygen atoms in total. The molecule has 2 heterocycles. The van der Waals surface area contributed by atoms with Crippen molar-refractivity contribution < 1.29 is 19.0 Å². The van der Waals surface area contributed by atoms with Crippen LogP contribution in [0.5, 0.6) is 17.2 Å². The molecule has 0 spiro atoms. The number of rotatable bonds is 7. The lowest BCUT2D eigenvalue weighted by molar-refractivity contribution is -0.130. The van der Waals surface area contributed by atoms with Crippen molar-refractivity contribution in [3.8, 4) is 17.2 Å². The van der Waals surface area contributed by atoms with Crippen molar-refractivity contribution in [1.82, 2.24) is 15.1 Å². The molecule has 0 saturated carbocycles. The summed E-state index contributed by atoms with van der Waals surface area (Å²) in [5.41, 5.74) is 1.01. The maximum atomic E-state index is 12.7. The van der Waals surface area contributed by atoms with Gasteiger partial charge in [-0.1, -0.05) is 0 Å². The fourth-order valence-electron chi connectivity index (χ4n) is 4.00. The highest BCUT2D eigenvalue weighted by Crippen LogP contribution is 2.38. The zero-order valence-electron chi connectivity index (χ0n) is 16.6. The first kappa shape index (κ1) is 19.8. The number of amides is 1. The Balaban J connectivity index is 1.56. The number of nitrogens with one attached hydrogen (secondary N) is 1. The van der Waals surface area contributed by atoms with Crippen LogP contribution in [0.4, 0.5) is 0 Å². The minimum absolute atomic E-state index is 0.224. The first-order valence-electron chi connectivity index (χ1n) is 9.67. The molecule has 150 valence electrons. The molecule has 1 unspecified atom stereocenters. The van der Waals surface area contributed by atoms with Gasteiger partial charge in [0, 0.05) is 51.7 Å². The summed E-state index contributed by atoms with van der Waals surface area (Å²) in [7, 11) is 4.80. The predicted octanol–water partition coefficient (Wildman–Crippen LogP) is 1.15. The number of benzene rings is 1. The molecule has 0 bridgehead atoms. The topological polar surface area (TPSA) is 63.3 Å². The molecule has 2 aliphatic heterocycles. The zero-order chi connectivity index (χ0) is 19.2. The van der Waals surface area contributed by atoms with E-state index in [1.165, 1.54) is 0 Å². The normalized spacial score (nSPS) is 20.6. The number of ether oxygens (including phenoxy) is 3. The molecule has 0 radical (unpaired) electrons. The van der Waals surface area contributed by atoms with Crippen LogP contribution in [0.3, 0.4) is 0 Å². The van der Waals surface area contributed by atoms with E-state index in [4.69, 9.17) is 14.2 Å². The first-order valence-corrected chi connectivity index (χ1v) is 9.67. The molecular formula is C20H31N3O4. The van der Waals surface area contributed by atoms with E-state index in [0.29, 0.717) is 36.1 Å². The second kappa shape index (κ2) is 9.28. The van der Waals surface area contributed by atoms with Crippen molar-refractivity contribution in [3.63, 3.8) is 0 Å². The number of likely N-dealkylation sites (tertiary alicyclic amines) is 1. The number of methoxy groups -OCH3 is 3. The Bertz CT molecular complexity index is 621. The summed E-state index contributed by atoms with van der Waals surface area (Å²) >= 11 is 0. The fraction of sp³-hybridized carbons (Fsp3) is 0.650. The molecule has 1 N–H and O–H groups in total. The third kappa shape index (κ3) is 4.65. The number of aryl methyl sites for hydroxylation is 1. The minimum atomic E-state index is 0.224. The Morgan fingerprint density at radius 3 is 2.33 bits per heavy atom. The second-order valence-electron chi connectivity index (χ2n) is 7.10. The van der Waals surface area contributed by atoms with Crippen LogP contribution in [0.2, 0.25) is 0 Å². The van der Waals surface area contributed by atoms with E-state index in [2.05, 4.69) is 10.2 Å². The summed E-state index contributed by atoms with van der Waals surface area (Å²) in [5.74, 6) is 2.05. The second-order valence-corrected chi connectivity index (χ2v) is 7.10. The molecule has 1 amide bonds. The molecule has 3 rings (SSSR count). The lowest BCUT2D eigenvalue weighted by Crippen LogP contribution is -2.49. The van der Waals surface area contributed by atoms with Gasteiger partial charge in [-0.15, -0.1) is 0 Å². The molecule has 2 fully saturated rings. The molecule has 0 aliphatic carbocycles. The number of piperazine rings is 1. The highest BCUT2D eigenvalue weighted by Gasteiger charge is 2.30. The van der Waals surface area contributed by atoms with Crippen molar-refractivity contribution in [3.05, 3.63) is 17.7 Å². The summed E-state index contributed by atoms with van der Waals surface area (Å²) in [4.78, 5) is 17.2. The van der Waals surface area contributed by atoms with E-state index in [0.717, 1.165) is 51.3 Å². The average molecular weight is 377 g/mol. The quantitative estimate of drug-likeness (QED) is 0.769. The van der Waals surface area contributed by atoms with Crippen LogP contribution < -0.4 is 19.5 Å². The van der Waals surface area contributed by atoms with Crippen LogP contribution in [0, 0.1) is 0 Å². The van der Waals surface area contributed by atoms with Crippen LogP contribution in [-0.2, 0) is 11.2 Å². The lowest BCUT2D eigenvalue weighted by Gasteiger charge is -2.32. The molecule has 0 aromatic heterocycles. The predicted molar refractivity (Wildman–Crippen MR) is 104 cm³/mol. The summed E-state index contributed by atoms with van der Waals surface area (Å²) < 4.78 is 16.1. The van der Waals surface area contributed by atoms with Crippen molar-refractivity contribution in [2.75, 3.05) is 60.6 Å². The van der Waals surface area contributed by atoms with Crippen LogP contribution in [0.15, 0.2) is 12.1 Å². The molecule has 7 heteroatoms. The van der Waals surface area contributed by atoms with E-state index in [1.807, 2.05) is 17.0 Å². The SMILES string of the molecule is COc1cc(CCC(=O)N2CCC(N3CCNCC3)C2)cc(OC)c1OC. The maximum Gasteiger partial charge on any atom is 0.222 e. The van der Waals surface area contributed by atoms with E-state index in [9.17, 15) is 4.79 Å². The van der Waals surface area contributed by atoms with E-state index in [-0.39, 0.29) is 5.91 Å². The lowest BCUT2D eigenvalue weighted by atomic mass is 10.1. The molecule has 1 atom stereocenters. The van der Waals surface area contributed by atoms with Gasteiger partial charge in [0.2, 0.25) is 11.7 Å². The van der Waals surface area contributed by atoms with Gasteiger partial charge in [0.25, 0.3) is 0 Å². The Morgan fingerprint density at radius 2 is 1.74 bits per heavy atom. The van der Waals surface area contributed by atoms with Gasteiger partial charge in [0.05, 0.1) is 21.3 Å². The Labute approximate surface area is 161 Å². The van der Waals surface area contributed by atoms with Crippen molar-refractivity contribution >= 4 is 5.91 Å². The highest BCUT2D eigenvalue weighted by atomic mass is 16.5. The Hall–Kier alpha value is -1.99. The molecule has 2 saturated heterocycles. The largest absolute Gasteiger partial charge is 0.493 e. The van der Waals surface area contributed by atoms with Crippen LogP contribution in [0.25, 0.3) is 0 Å². The van der Waals surface area contributed by atoms with Crippen LogP contribution in [-0.4, -0.2) is 82.3 Å². The molecule has 1 aromatic carbocycles. The summed E-state index contributed by atoms with van der Waals surface area (Å²) in [6.07, 6.45) is 2.23. The van der Waals surface area contributed by atoms with Gasteiger partial charge in [-0.3, -0.25) is 9.69 Å². The number of carbonyl (C=O) groups excluding carboxylic acids is 1. The van der Waals surface area contributed by atoms with Crippen LogP contribution in [0.1, 0.15) is 18.4 Å². The first-order chi connectivity index (χ1) is 13.2. The summed E-state index contributed by atoms with van der Waals surface area (Å²) in [6.45, 7) is 5.98. The molecular weight excluding hydrogens is 346 g/mol. The number of hydrogen-bond donors (Lipinski definition) is 1. The smallest absolute Gasteiger partial charge is 0.222 e. The van der Waals surface area contributed by atoms with Gasteiger partial charge in [-0.2, -0.15) is 0 Å². The van der Waals surface area contributed by atoms with E-state index in [1.54, 1.807) is 21.3 Å². The average Bonchev–Trinajstić information content (AvgIpc) is 3.22. The highest BCUT2D eigenvalue weighted by molar-refractivity contribution is 5.77. The molecule has 2 aliphatic rings. The van der Waals surface area contributed by atoms with Crippen molar-refractivity contribution in [2.24, 2.45) is 0 Å². The van der Waals surface area contributed by atoms with Crippen molar-refractivity contribution in [1.29, 1.82) is 0 Å². The number of hydrogen-bond acceptors (Lipinski definition) is 6. The third-order valence-electron chi connectivity index (χ3n) is 5.54. The maximum absolute atomic E-state index is 12.7. The standard InChI is InChI=1S/C20H31N3O4/c1-25-17-12-15(13-18(26-2)20(17)27-3)4-5-19(24)23-9-6-16(14-23)22-10-7-21-8-11-22/h12-13,16,21H,4-11,14H2,1-3H3. The van der Waals surface area contributed by atoms with Gasteiger partial charge in [-0.05, 0) is 30.5 Å².